The highest BCUT2D eigenvalue weighted by molar-refractivity contribution is 6.10. The standard InChI is InChI=1S/C26H27N3O4/c1-17(20-8-9-20)28(14-18-5-3-2-4-6-18)23(31)15-29-24(32)26(27-25(29)33)12-11-21-13-19(16-30)7-10-22(21)26/h2-7,10,13,16-17,20H,8-9,11-12,14-15H2,1H3,(H,27,33). The van der Waals surface area contributed by atoms with E-state index in [0.717, 1.165) is 35.2 Å². The highest BCUT2D eigenvalue weighted by atomic mass is 16.2. The van der Waals surface area contributed by atoms with Crippen LogP contribution in [0, 0.1) is 5.92 Å². The molecule has 1 heterocycles. The molecule has 5 rings (SSSR count). The van der Waals surface area contributed by atoms with Crippen molar-refractivity contribution in [1.29, 1.82) is 0 Å². The lowest BCUT2D eigenvalue weighted by atomic mass is 9.91. The summed E-state index contributed by atoms with van der Waals surface area (Å²) in [6.45, 7) is 2.21. The second kappa shape index (κ2) is 8.14. The number of carbonyl (C=O) groups excluding carboxylic acids is 4. The maximum absolute atomic E-state index is 13.5. The van der Waals surface area contributed by atoms with Gasteiger partial charge in [0.2, 0.25) is 5.91 Å². The molecule has 0 bridgehead atoms. The number of amides is 4. The molecule has 2 unspecified atom stereocenters. The third-order valence-electron chi connectivity index (χ3n) is 7.28. The number of rotatable bonds is 7. The van der Waals surface area contributed by atoms with Crippen molar-refractivity contribution in [2.24, 2.45) is 5.92 Å². The van der Waals surface area contributed by atoms with Crippen molar-refractivity contribution in [3.8, 4) is 0 Å². The number of urea groups is 1. The molecule has 0 aromatic heterocycles. The first-order valence-electron chi connectivity index (χ1n) is 11.5. The van der Waals surface area contributed by atoms with E-state index in [0.29, 0.717) is 36.4 Å². The first-order chi connectivity index (χ1) is 15.9. The molecule has 2 atom stereocenters. The second-order valence-electron chi connectivity index (χ2n) is 9.35. The molecule has 170 valence electrons. The summed E-state index contributed by atoms with van der Waals surface area (Å²) in [6, 6.07) is 14.4. The van der Waals surface area contributed by atoms with Crippen molar-refractivity contribution in [2.75, 3.05) is 6.54 Å². The topological polar surface area (TPSA) is 86.8 Å². The third-order valence-corrected chi connectivity index (χ3v) is 7.28. The summed E-state index contributed by atoms with van der Waals surface area (Å²) < 4.78 is 0. The van der Waals surface area contributed by atoms with Crippen LogP contribution in [-0.4, -0.2) is 46.5 Å². The van der Waals surface area contributed by atoms with Gasteiger partial charge in [0.15, 0.2) is 0 Å². The Morgan fingerprint density at radius 1 is 1.21 bits per heavy atom. The van der Waals surface area contributed by atoms with E-state index in [1.807, 2.05) is 37.3 Å². The molecule has 1 saturated heterocycles. The summed E-state index contributed by atoms with van der Waals surface area (Å²) >= 11 is 0. The molecule has 2 aromatic rings. The Labute approximate surface area is 192 Å². The molecule has 3 aliphatic rings. The lowest BCUT2D eigenvalue weighted by molar-refractivity contribution is -0.141. The van der Waals surface area contributed by atoms with Gasteiger partial charge in [0.05, 0.1) is 0 Å². The Balaban J connectivity index is 1.37. The van der Waals surface area contributed by atoms with E-state index in [1.54, 1.807) is 23.1 Å². The quantitative estimate of drug-likeness (QED) is 0.524. The van der Waals surface area contributed by atoms with Crippen molar-refractivity contribution >= 4 is 24.1 Å². The van der Waals surface area contributed by atoms with Crippen LogP contribution < -0.4 is 5.32 Å². The van der Waals surface area contributed by atoms with Crippen LogP contribution in [0.25, 0.3) is 0 Å². The lowest BCUT2D eigenvalue weighted by Gasteiger charge is -2.31. The molecule has 33 heavy (non-hydrogen) atoms. The molecule has 2 aliphatic carbocycles. The number of nitrogens with one attached hydrogen (secondary N) is 1. The van der Waals surface area contributed by atoms with Crippen LogP contribution in [0.3, 0.4) is 0 Å². The molecule has 0 radical (unpaired) electrons. The molecule has 2 fully saturated rings. The van der Waals surface area contributed by atoms with Crippen molar-refractivity contribution < 1.29 is 19.2 Å². The number of nitrogens with zero attached hydrogens (tertiary/aromatic N) is 2. The van der Waals surface area contributed by atoms with Gasteiger partial charge in [-0.2, -0.15) is 0 Å². The SMILES string of the molecule is CC(C1CC1)N(Cc1ccccc1)C(=O)CN1C(=O)NC2(CCc3cc(C=O)ccc32)C1=O. The average molecular weight is 446 g/mol. The third kappa shape index (κ3) is 3.71. The van der Waals surface area contributed by atoms with Crippen LogP contribution >= 0.6 is 0 Å². The van der Waals surface area contributed by atoms with E-state index in [4.69, 9.17) is 0 Å². The summed E-state index contributed by atoms with van der Waals surface area (Å²) in [5, 5.41) is 2.86. The first-order valence-corrected chi connectivity index (χ1v) is 11.5. The fraction of sp³-hybridized carbons (Fsp3) is 0.385. The van der Waals surface area contributed by atoms with Gasteiger partial charge in [0.1, 0.15) is 18.4 Å². The summed E-state index contributed by atoms with van der Waals surface area (Å²) in [5.74, 6) is -0.161. The molecular weight excluding hydrogens is 418 g/mol. The summed E-state index contributed by atoms with van der Waals surface area (Å²) in [5.41, 5.74) is 2.01. The molecular formula is C26H27N3O4. The van der Waals surface area contributed by atoms with Crippen LogP contribution in [-0.2, 0) is 28.1 Å². The van der Waals surface area contributed by atoms with Gasteiger partial charge >= 0.3 is 6.03 Å². The average Bonchev–Trinajstić information content (AvgIpc) is 3.58. The van der Waals surface area contributed by atoms with E-state index in [9.17, 15) is 19.2 Å². The van der Waals surface area contributed by atoms with Gasteiger partial charge < -0.3 is 10.2 Å². The normalized spacial score (nSPS) is 22.3. The minimum absolute atomic E-state index is 0.0430. The molecule has 1 N–H and O–H groups in total. The molecule has 1 aliphatic heterocycles. The molecule has 7 nitrogen and oxygen atoms in total. The molecule has 4 amide bonds. The Morgan fingerprint density at radius 3 is 2.67 bits per heavy atom. The van der Waals surface area contributed by atoms with Gasteiger partial charge in [-0.1, -0.05) is 42.5 Å². The number of imide groups is 1. The lowest BCUT2D eigenvalue weighted by Crippen LogP contribution is -2.47. The van der Waals surface area contributed by atoms with E-state index in [-0.39, 0.29) is 18.5 Å². The van der Waals surface area contributed by atoms with Crippen molar-refractivity contribution in [3.63, 3.8) is 0 Å². The minimum atomic E-state index is -1.15. The summed E-state index contributed by atoms with van der Waals surface area (Å²) in [6.07, 6.45) is 3.96. The van der Waals surface area contributed by atoms with Crippen LogP contribution in [0.5, 0.6) is 0 Å². The zero-order valence-electron chi connectivity index (χ0n) is 18.6. The molecule has 7 heteroatoms. The number of hydrogen-bond acceptors (Lipinski definition) is 4. The predicted octanol–water partition coefficient (Wildman–Crippen LogP) is 3.02. The Morgan fingerprint density at radius 2 is 1.97 bits per heavy atom. The Kier molecular flexibility index (Phi) is 5.27. The molecule has 1 spiro atoms. The van der Waals surface area contributed by atoms with Crippen LogP contribution in [0.1, 0.15) is 53.2 Å². The van der Waals surface area contributed by atoms with Crippen molar-refractivity contribution in [3.05, 3.63) is 70.8 Å². The maximum atomic E-state index is 13.5. The first kappa shape index (κ1) is 21.4. The fourth-order valence-electron chi connectivity index (χ4n) is 5.19. The van der Waals surface area contributed by atoms with Crippen molar-refractivity contribution in [1.82, 2.24) is 15.1 Å². The van der Waals surface area contributed by atoms with Gasteiger partial charge in [-0.3, -0.25) is 19.3 Å². The smallest absolute Gasteiger partial charge is 0.325 e. The maximum Gasteiger partial charge on any atom is 0.325 e. The zero-order valence-corrected chi connectivity index (χ0v) is 18.6. The van der Waals surface area contributed by atoms with Gasteiger partial charge in [-0.05, 0) is 61.3 Å². The van der Waals surface area contributed by atoms with Crippen LogP contribution in [0.2, 0.25) is 0 Å². The van der Waals surface area contributed by atoms with Gasteiger partial charge in [-0.25, -0.2) is 4.79 Å². The number of aryl methyl sites for hydroxylation is 1. The molecule has 1 saturated carbocycles. The molecule has 2 aromatic carbocycles. The zero-order chi connectivity index (χ0) is 23.2. The number of aldehydes is 1. The number of fused-ring (bicyclic) bond motifs is 2. The van der Waals surface area contributed by atoms with Gasteiger partial charge in [0, 0.05) is 18.2 Å². The van der Waals surface area contributed by atoms with Gasteiger partial charge in [0.25, 0.3) is 5.91 Å². The summed E-state index contributed by atoms with van der Waals surface area (Å²) in [4.78, 5) is 53.8. The van der Waals surface area contributed by atoms with Crippen molar-refractivity contribution in [2.45, 2.75) is 50.7 Å². The van der Waals surface area contributed by atoms with Crippen LogP contribution in [0.4, 0.5) is 4.79 Å². The van der Waals surface area contributed by atoms with E-state index in [2.05, 4.69) is 5.32 Å². The highest BCUT2D eigenvalue weighted by Crippen LogP contribution is 2.42. The van der Waals surface area contributed by atoms with E-state index >= 15 is 0 Å². The number of benzene rings is 2. The van der Waals surface area contributed by atoms with Gasteiger partial charge in [-0.15, -0.1) is 0 Å². The monoisotopic (exact) mass is 445 g/mol. The van der Waals surface area contributed by atoms with E-state index in [1.165, 1.54) is 0 Å². The Bertz CT molecular complexity index is 1130. The Hall–Kier alpha value is -3.48. The van der Waals surface area contributed by atoms with E-state index < -0.39 is 17.5 Å². The highest BCUT2D eigenvalue weighted by Gasteiger charge is 2.55. The fourth-order valence-corrected chi connectivity index (χ4v) is 5.19. The largest absolute Gasteiger partial charge is 0.334 e. The van der Waals surface area contributed by atoms with Crippen LogP contribution in [0.15, 0.2) is 48.5 Å². The number of hydrogen-bond donors (Lipinski definition) is 1. The number of carbonyl (C=O) groups is 4. The summed E-state index contributed by atoms with van der Waals surface area (Å²) in [7, 11) is 0. The second-order valence-corrected chi connectivity index (χ2v) is 9.35. The minimum Gasteiger partial charge on any atom is -0.334 e. The predicted molar refractivity (Wildman–Crippen MR) is 121 cm³/mol.